The van der Waals surface area contributed by atoms with Gasteiger partial charge in [-0.25, -0.2) is 0 Å². The van der Waals surface area contributed by atoms with Crippen LogP contribution in [-0.4, -0.2) is 11.1 Å². The maximum absolute atomic E-state index is 9.31. The summed E-state index contributed by atoms with van der Waals surface area (Å²) in [6, 6.07) is 8.17. The fourth-order valence-electron chi connectivity index (χ4n) is 4.37. The van der Waals surface area contributed by atoms with E-state index in [9.17, 15) is 5.11 Å². The highest BCUT2D eigenvalue weighted by atomic mass is 16.3. The van der Waals surface area contributed by atoms with Crippen LogP contribution < -0.4 is 5.32 Å². The Labute approximate surface area is 116 Å². The Morgan fingerprint density at radius 3 is 2.42 bits per heavy atom. The first kappa shape index (κ1) is 13.0. The van der Waals surface area contributed by atoms with Crippen LogP contribution in [0, 0.1) is 16.7 Å². The van der Waals surface area contributed by atoms with Crippen molar-refractivity contribution in [2.45, 2.75) is 52.6 Å². The van der Waals surface area contributed by atoms with Crippen molar-refractivity contribution < 1.29 is 5.11 Å². The van der Waals surface area contributed by atoms with Gasteiger partial charge in [0.1, 0.15) is 5.75 Å². The van der Waals surface area contributed by atoms with Crippen LogP contribution in [0.4, 0.5) is 0 Å². The van der Waals surface area contributed by atoms with E-state index < -0.39 is 0 Å². The number of rotatable bonds is 3. The zero-order chi connectivity index (χ0) is 13.7. The minimum absolute atomic E-state index is 0.344. The molecular weight excluding hydrogens is 234 g/mol. The van der Waals surface area contributed by atoms with E-state index in [-0.39, 0.29) is 0 Å². The molecule has 1 aromatic rings. The molecule has 2 saturated carbocycles. The van der Waals surface area contributed by atoms with Crippen LogP contribution in [0.25, 0.3) is 0 Å². The summed E-state index contributed by atoms with van der Waals surface area (Å²) in [5, 5.41) is 13.1. The Kier molecular flexibility index (Phi) is 2.90. The van der Waals surface area contributed by atoms with Gasteiger partial charge in [0, 0.05) is 12.6 Å². The van der Waals surface area contributed by atoms with E-state index in [1.54, 1.807) is 12.1 Å². The zero-order valence-corrected chi connectivity index (χ0v) is 12.2. The van der Waals surface area contributed by atoms with E-state index in [1.807, 2.05) is 12.1 Å². The van der Waals surface area contributed by atoms with Crippen LogP contribution in [0.1, 0.15) is 45.6 Å². The summed E-state index contributed by atoms with van der Waals surface area (Å²) < 4.78 is 0. The molecule has 19 heavy (non-hydrogen) atoms. The van der Waals surface area contributed by atoms with Crippen molar-refractivity contribution in [2.24, 2.45) is 16.7 Å². The highest BCUT2D eigenvalue weighted by molar-refractivity contribution is 5.26. The van der Waals surface area contributed by atoms with Crippen molar-refractivity contribution in [2.75, 3.05) is 0 Å². The second kappa shape index (κ2) is 4.24. The summed E-state index contributed by atoms with van der Waals surface area (Å²) in [6.45, 7) is 8.28. The molecule has 1 aromatic carbocycles. The van der Waals surface area contributed by atoms with Crippen molar-refractivity contribution in [3.8, 4) is 5.75 Å². The maximum Gasteiger partial charge on any atom is 0.115 e. The van der Waals surface area contributed by atoms with Crippen LogP contribution in [0.15, 0.2) is 24.3 Å². The third-order valence-corrected chi connectivity index (χ3v) is 6.28. The van der Waals surface area contributed by atoms with Crippen molar-refractivity contribution in [3.63, 3.8) is 0 Å². The van der Waals surface area contributed by atoms with Crippen LogP contribution in [0.5, 0.6) is 5.75 Å². The van der Waals surface area contributed by atoms with Gasteiger partial charge in [0.25, 0.3) is 0 Å². The summed E-state index contributed by atoms with van der Waals surface area (Å²) in [5.74, 6) is 1.23. The maximum atomic E-state index is 9.31. The Morgan fingerprint density at radius 2 is 1.89 bits per heavy atom. The molecule has 0 radical (unpaired) electrons. The molecule has 3 unspecified atom stereocenters. The molecule has 3 rings (SSSR count). The lowest BCUT2D eigenvalue weighted by Crippen LogP contribution is -2.44. The lowest BCUT2D eigenvalue weighted by atomic mass is 9.69. The summed E-state index contributed by atoms with van der Waals surface area (Å²) in [4.78, 5) is 0. The third kappa shape index (κ3) is 1.88. The predicted octanol–water partition coefficient (Wildman–Crippen LogP) is 3.70. The van der Waals surface area contributed by atoms with Crippen LogP contribution in [0.3, 0.4) is 0 Å². The SMILES string of the molecule is CC1(C)C2CCC1(C)C(NCc1ccc(O)cc1)C2. The van der Waals surface area contributed by atoms with E-state index in [0.717, 1.165) is 12.5 Å². The van der Waals surface area contributed by atoms with Crippen molar-refractivity contribution in [1.29, 1.82) is 0 Å². The fourth-order valence-corrected chi connectivity index (χ4v) is 4.37. The second-order valence-corrected chi connectivity index (χ2v) is 7.21. The number of phenols is 1. The van der Waals surface area contributed by atoms with E-state index in [0.29, 0.717) is 22.6 Å². The largest absolute Gasteiger partial charge is 0.508 e. The number of nitrogens with one attached hydrogen (secondary N) is 1. The van der Waals surface area contributed by atoms with Gasteiger partial charge >= 0.3 is 0 Å². The van der Waals surface area contributed by atoms with Crippen molar-refractivity contribution >= 4 is 0 Å². The first-order chi connectivity index (χ1) is 8.93. The van der Waals surface area contributed by atoms with Gasteiger partial charge in [-0.3, -0.25) is 0 Å². The van der Waals surface area contributed by atoms with Gasteiger partial charge in [-0.05, 0) is 53.7 Å². The molecule has 2 bridgehead atoms. The molecule has 0 heterocycles. The van der Waals surface area contributed by atoms with E-state index >= 15 is 0 Å². The van der Waals surface area contributed by atoms with Crippen LogP contribution in [-0.2, 0) is 6.54 Å². The molecule has 0 aromatic heterocycles. The van der Waals surface area contributed by atoms with Crippen molar-refractivity contribution in [1.82, 2.24) is 5.32 Å². The van der Waals surface area contributed by atoms with Gasteiger partial charge < -0.3 is 10.4 Å². The molecular formula is C17H25NO. The Balaban J connectivity index is 1.67. The monoisotopic (exact) mass is 259 g/mol. The van der Waals surface area contributed by atoms with Crippen LogP contribution in [0.2, 0.25) is 0 Å². The fraction of sp³-hybridized carbons (Fsp3) is 0.647. The molecule has 2 fully saturated rings. The lowest BCUT2D eigenvalue weighted by molar-refractivity contribution is 0.120. The normalized spacial score (nSPS) is 35.7. The summed E-state index contributed by atoms with van der Waals surface area (Å²) in [6.07, 6.45) is 4.08. The van der Waals surface area contributed by atoms with Crippen LogP contribution >= 0.6 is 0 Å². The number of benzene rings is 1. The lowest BCUT2D eigenvalue weighted by Gasteiger charge is -2.39. The van der Waals surface area contributed by atoms with E-state index in [1.165, 1.54) is 24.8 Å². The van der Waals surface area contributed by atoms with Crippen molar-refractivity contribution in [3.05, 3.63) is 29.8 Å². The molecule has 0 amide bonds. The van der Waals surface area contributed by atoms with Gasteiger partial charge in [-0.1, -0.05) is 32.9 Å². The number of phenolic OH excluding ortho intramolecular Hbond substituents is 1. The topological polar surface area (TPSA) is 32.3 Å². The first-order valence-electron chi connectivity index (χ1n) is 7.45. The minimum Gasteiger partial charge on any atom is -0.508 e. The summed E-state index contributed by atoms with van der Waals surface area (Å²) in [5.41, 5.74) is 2.16. The Bertz CT molecular complexity index is 465. The quantitative estimate of drug-likeness (QED) is 0.867. The molecule has 2 heteroatoms. The molecule has 2 N–H and O–H groups in total. The Hall–Kier alpha value is -1.02. The Morgan fingerprint density at radius 1 is 1.21 bits per heavy atom. The highest BCUT2D eigenvalue weighted by Crippen LogP contribution is 2.65. The molecule has 2 aliphatic rings. The number of fused-ring (bicyclic) bond motifs is 2. The molecule has 0 aliphatic heterocycles. The first-order valence-corrected chi connectivity index (χ1v) is 7.45. The van der Waals surface area contributed by atoms with Gasteiger partial charge in [0.05, 0.1) is 0 Å². The predicted molar refractivity (Wildman–Crippen MR) is 78.0 cm³/mol. The minimum atomic E-state index is 0.344. The number of aromatic hydroxyl groups is 1. The molecule has 3 atom stereocenters. The summed E-state index contributed by atoms with van der Waals surface area (Å²) >= 11 is 0. The average molecular weight is 259 g/mol. The van der Waals surface area contributed by atoms with E-state index in [2.05, 4.69) is 26.1 Å². The molecule has 2 nitrogen and oxygen atoms in total. The molecule has 104 valence electrons. The molecule has 2 aliphatic carbocycles. The molecule has 0 spiro atoms. The highest BCUT2D eigenvalue weighted by Gasteiger charge is 2.60. The zero-order valence-electron chi connectivity index (χ0n) is 12.2. The number of hydrogen-bond donors (Lipinski definition) is 2. The average Bonchev–Trinajstić information content (AvgIpc) is 2.71. The van der Waals surface area contributed by atoms with Gasteiger partial charge in [0.2, 0.25) is 0 Å². The van der Waals surface area contributed by atoms with Gasteiger partial charge in [0.15, 0.2) is 0 Å². The smallest absolute Gasteiger partial charge is 0.115 e. The number of hydrogen-bond acceptors (Lipinski definition) is 2. The second-order valence-electron chi connectivity index (χ2n) is 7.21. The summed E-state index contributed by atoms with van der Waals surface area (Å²) in [7, 11) is 0. The molecule has 0 saturated heterocycles. The van der Waals surface area contributed by atoms with E-state index in [4.69, 9.17) is 0 Å². The van der Waals surface area contributed by atoms with Gasteiger partial charge in [-0.2, -0.15) is 0 Å². The van der Waals surface area contributed by atoms with Gasteiger partial charge in [-0.15, -0.1) is 0 Å². The standard InChI is InChI=1S/C17H25NO/c1-16(2)13-8-9-17(16,3)15(10-13)18-11-12-4-6-14(19)7-5-12/h4-7,13,15,18-19H,8-11H2,1-3H3. The third-order valence-electron chi connectivity index (χ3n) is 6.28.